The van der Waals surface area contributed by atoms with Gasteiger partial charge in [-0.2, -0.15) is 4.98 Å². The van der Waals surface area contributed by atoms with E-state index in [-0.39, 0.29) is 11.7 Å². The summed E-state index contributed by atoms with van der Waals surface area (Å²) >= 11 is 0. The Morgan fingerprint density at radius 2 is 2.05 bits per heavy atom. The van der Waals surface area contributed by atoms with Crippen molar-refractivity contribution in [1.82, 2.24) is 15.0 Å². The smallest absolute Gasteiger partial charge is 0.405 e. The largest absolute Gasteiger partial charge is 0.573 e. The van der Waals surface area contributed by atoms with Crippen LogP contribution in [-0.2, 0) is 6.54 Å². The third kappa shape index (κ3) is 3.38. The van der Waals surface area contributed by atoms with E-state index in [0.717, 1.165) is 0 Å². The first-order valence-electron chi connectivity index (χ1n) is 6.77. The van der Waals surface area contributed by atoms with Gasteiger partial charge in [0, 0.05) is 25.2 Å². The Hall–Kier alpha value is -2.09. The molecule has 22 heavy (non-hydrogen) atoms. The molecule has 0 bridgehead atoms. The Morgan fingerprint density at radius 1 is 1.32 bits per heavy atom. The van der Waals surface area contributed by atoms with Gasteiger partial charge in [-0.3, -0.25) is 4.90 Å². The lowest BCUT2D eigenvalue weighted by atomic mass is 9.99. The molecule has 2 aromatic rings. The molecule has 8 heteroatoms. The molecule has 1 aromatic heterocycles. The van der Waals surface area contributed by atoms with Gasteiger partial charge in [0.1, 0.15) is 5.75 Å². The molecule has 1 fully saturated rings. The third-order valence-corrected chi connectivity index (χ3v) is 3.44. The molecule has 0 unspecified atom stereocenters. The van der Waals surface area contributed by atoms with Crippen LogP contribution in [0.1, 0.15) is 23.2 Å². The monoisotopic (exact) mass is 313 g/mol. The standard InChI is InChI=1S/C14H14F3N3O2/c1-9-18-13(22-19-9)11-7-20(8-11)6-10-4-2-3-5-12(10)21-14(15,16)17/h2-5,11H,6-8H2,1H3. The Bertz CT molecular complexity index is 651. The molecule has 0 spiro atoms. The van der Waals surface area contributed by atoms with Crippen LogP contribution in [0.2, 0.25) is 0 Å². The first-order valence-corrected chi connectivity index (χ1v) is 6.77. The predicted octanol–water partition coefficient (Wildman–Crippen LogP) is 2.88. The highest BCUT2D eigenvalue weighted by atomic mass is 19.4. The van der Waals surface area contributed by atoms with Crippen LogP contribution >= 0.6 is 0 Å². The quantitative estimate of drug-likeness (QED) is 0.869. The lowest BCUT2D eigenvalue weighted by molar-refractivity contribution is -0.275. The number of aryl methyl sites for hydroxylation is 1. The van der Waals surface area contributed by atoms with Crippen molar-refractivity contribution in [2.24, 2.45) is 0 Å². The number of ether oxygens (including phenoxy) is 1. The van der Waals surface area contributed by atoms with Crippen molar-refractivity contribution < 1.29 is 22.4 Å². The van der Waals surface area contributed by atoms with Crippen molar-refractivity contribution in [2.45, 2.75) is 25.7 Å². The number of nitrogens with zero attached hydrogens (tertiary/aromatic N) is 3. The summed E-state index contributed by atoms with van der Waals surface area (Å²) in [7, 11) is 0. The second-order valence-electron chi connectivity index (χ2n) is 5.23. The highest BCUT2D eigenvalue weighted by molar-refractivity contribution is 5.33. The van der Waals surface area contributed by atoms with E-state index < -0.39 is 6.36 Å². The molecular weight excluding hydrogens is 299 g/mol. The van der Waals surface area contributed by atoms with Gasteiger partial charge in [-0.1, -0.05) is 23.4 Å². The molecule has 5 nitrogen and oxygen atoms in total. The molecule has 0 amide bonds. The summed E-state index contributed by atoms with van der Waals surface area (Å²) in [4.78, 5) is 6.17. The number of para-hydroxylation sites is 1. The minimum Gasteiger partial charge on any atom is -0.405 e. The highest BCUT2D eigenvalue weighted by Crippen LogP contribution is 2.31. The number of hydrogen-bond acceptors (Lipinski definition) is 5. The van der Waals surface area contributed by atoms with Crippen LogP contribution < -0.4 is 4.74 Å². The average molecular weight is 313 g/mol. The Labute approximate surface area is 124 Å². The SMILES string of the molecule is Cc1noc(C2CN(Cc3ccccc3OC(F)(F)F)C2)n1. The third-order valence-electron chi connectivity index (χ3n) is 3.44. The molecule has 0 N–H and O–H groups in total. The van der Waals surface area contributed by atoms with Gasteiger partial charge in [0.2, 0.25) is 5.89 Å². The van der Waals surface area contributed by atoms with Crippen molar-refractivity contribution in [1.29, 1.82) is 0 Å². The van der Waals surface area contributed by atoms with Gasteiger partial charge < -0.3 is 9.26 Å². The van der Waals surface area contributed by atoms with Crippen molar-refractivity contribution in [3.8, 4) is 5.75 Å². The van der Waals surface area contributed by atoms with Gasteiger partial charge in [0.15, 0.2) is 5.82 Å². The topological polar surface area (TPSA) is 51.4 Å². The summed E-state index contributed by atoms with van der Waals surface area (Å²) in [6.07, 6.45) is -4.69. The minimum atomic E-state index is -4.69. The maximum Gasteiger partial charge on any atom is 0.573 e. The van der Waals surface area contributed by atoms with E-state index in [0.29, 0.717) is 36.9 Å². The van der Waals surface area contributed by atoms with Crippen LogP contribution in [0, 0.1) is 6.92 Å². The molecule has 1 aliphatic heterocycles. The Kier molecular flexibility index (Phi) is 3.78. The molecule has 1 saturated heterocycles. The van der Waals surface area contributed by atoms with E-state index >= 15 is 0 Å². The van der Waals surface area contributed by atoms with Crippen molar-refractivity contribution in [3.05, 3.63) is 41.5 Å². The summed E-state index contributed by atoms with van der Waals surface area (Å²) in [5, 5.41) is 3.73. The second-order valence-corrected chi connectivity index (χ2v) is 5.23. The number of aromatic nitrogens is 2. The fraction of sp³-hybridized carbons (Fsp3) is 0.429. The van der Waals surface area contributed by atoms with Crippen LogP contribution in [0.5, 0.6) is 5.75 Å². The molecule has 0 atom stereocenters. The predicted molar refractivity (Wildman–Crippen MR) is 70.2 cm³/mol. The molecule has 0 aliphatic carbocycles. The maximum absolute atomic E-state index is 12.4. The molecule has 3 rings (SSSR count). The molecule has 0 radical (unpaired) electrons. The van der Waals surface area contributed by atoms with Gasteiger partial charge >= 0.3 is 6.36 Å². The summed E-state index contributed by atoms with van der Waals surface area (Å²) < 4.78 is 46.3. The molecule has 2 heterocycles. The van der Waals surface area contributed by atoms with E-state index in [1.807, 2.05) is 4.90 Å². The molecule has 1 aliphatic rings. The van der Waals surface area contributed by atoms with Crippen molar-refractivity contribution in [2.75, 3.05) is 13.1 Å². The van der Waals surface area contributed by atoms with E-state index in [4.69, 9.17) is 4.52 Å². The summed E-state index contributed by atoms with van der Waals surface area (Å²) in [6.45, 7) is 3.47. The normalized spacial score (nSPS) is 16.5. The van der Waals surface area contributed by atoms with Crippen LogP contribution in [0.3, 0.4) is 0 Å². The van der Waals surface area contributed by atoms with E-state index in [1.165, 1.54) is 12.1 Å². The lowest BCUT2D eigenvalue weighted by Crippen LogP contribution is -2.44. The first-order chi connectivity index (χ1) is 10.4. The summed E-state index contributed by atoms with van der Waals surface area (Å²) in [5.41, 5.74) is 0.500. The Balaban J connectivity index is 1.61. The number of alkyl halides is 3. The number of rotatable bonds is 4. The van der Waals surface area contributed by atoms with Gasteiger partial charge in [-0.15, -0.1) is 13.2 Å². The van der Waals surface area contributed by atoms with E-state index in [2.05, 4.69) is 14.9 Å². The van der Waals surface area contributed by atoms with Crippen LogP contribution in [0.4, 0.5) is 13.2 Å². The van der Waals surface area contributed by atoms with Gasteiger partial charge in [-0.25, -0.2) is 0 Å². The first kappa shape index (κ1) is 14.8. The molecule has 0 saturated carbocycles. The number of halogens is 3. The van der Waals surface area contributed by atoms with Crippen molar-refractivity contribution >= 4 is 0 Å². The van der Waals surface area contributed by atoms with Crippen LogP contribution in [-0.4, -0.2) is 34.5 Å². The van der Waals surface area contributed by atoms with Crippen molar-refractivity contribution in [3.63, 3.8) is 0 Å². The zero-order valence-electron chi connectivity index (χ0n) is 11.8. The van der Waals surface area contributed by atoms with Crippen LogP contribution in [0.25, 0.3) is 0 Å². The maximum atomic E-state index is 12.4. The lowest BCUT2D eigenvalue weighted by Gasteiger charge is -2.37. The Morgan fingerprint density at radius 3 is 2.68 bits per heavy atom. The second kappa shape index (κ2) is 5.60. The minimum absolute atomic E-state index is 0.136. The molecular formula is C14H14F3N3O2. The average Bonchev–Trinajstić information content (AvgIpc) is 2.79. The molecule has 118 valence electrons. The summed E-state index contributed by atoms with van der Waals surface area (Å²) in [6, 6.07) is 6.16. The fourth-order valence-electron chi connectivity index (χ4n) is 2.43. The van der Waals surface area contributed by atoms with Gasteiger partial charge in [0.05, 0.1) is 5.92 Å². The zero-order chi connectivity index (χ0) is 15.7. The summed E-state index contributed by atoms with van der Waals surface area (Å²) in [5.74, 6) is 1.13. The highest BCUT2D eigenvalue weighted by Gasteiger charge is 2.34. The van der Waals surface area contributed by atoms with Gasteiger partial charge in [0.25, 0.3) is 0 Å². The fourth-order valence-corrected chi connectivity index (χ4v) is 2.43. The molecule has 1 aromatic carbocycles. The van der Waals surface area contributed by atoms with E-state index in [9.17, 15) is 13.2 Å². The van der Waals surface area contributed by atoms with Crippen LogP contribution in [0.15, 0.2) is 28.8 Å². The number of hydrogen-bond donors (Lipinski definition) is 0. The number of benzene rings is 1. The zero-order valence-corrected chi connectivity index (χ0v) is 11.8. The van der Waals surface area contributed by atoms with E-state index in [1.54, 1.807) is 19.1 Å². The van der Waals surface area contributed by atoms with Gasteiger partial charge in [-0.05, 0) is 13.0 Å². The number of likely N-dealkylation sites (tertiary alicyclic amines) is 1.